The van der Waals surface area contributed by atoms with Crippen LogP contribution in [0.2, 0.25) is 0 Å². The van der Waals surface area contributed by atoms with E-state index in [2.05, 4.69) is 41.0 Å². The highest BCUT2D eigenvalue weighted by molar-refractivity contribution is 5.91. The van der Waals surface area contributed by atoms with Gasteiger partial charge in [0.25, 0.3) is 0 Å². The molecule has 0 fully saturated rings. The molecule has 0 radical (unpaired) electrons. The second-order valence-corrected chi connectivity index (χ2v) is 4.10. The van der Waals surface area contributed by atoms with E-state index in [1.165, 1.54) is 12.0 Å². The molecule has 0 unspecified atom stereocenters. The zero-order valence-electron chi connectivity index (χ0n) is 10.1. The zero-order chi connectivity index (χ0) is 11.5. The summed E-state index contributed by atoms with van der Waals surface area (Å²) in [5.74, 6) is 0.945. The number of nitrogens with zero attached hydrogens (tertiary/aromatic N) is 2. The van der Waals surface area contributed by atoms with Gasteiger partial charge in [-0.3, -0.25) is 0 Å². The van der Waals surface area contributed by atoms with Crippen LogP contribution in [0.3, 0.4) is 0 Å². The summed E-state index contributed by atoms with van der Waals surface area (Å²) in [7, 11) is 0. The number of aryl methyl sites for hydroxylation is 2. The Balaban J connectivity index is 2.36. The summed E-state index contributed by atoms with van der Waals surface area (Å²) in [6.07, 6.45) is 3.95. The minimum atomic E-state index is 0.920. The fourth-order valence-corrected chi connectivity index (χ4v) is 1.81. The lowest BCUT2D eigenvalue weighted by atomic mass is 10.2. The monoisotopic (exact) mass is 218 g/mol. The Bertz CT molecular complexity index is 487. The predicted molar refractivity (Wildman–Crippen MR) is 66.8 cm³/mol. The number of aromatic nitrogens is 3. The number of nitrogens with one attached hydrogen (secondary N) is 2. The highest BCUT2D eigenvalue weighted by atomic mass is 15.0. The standard InChI is InChI=1S/C12H18N4/c1-4-5-6-13-11-10-8(2)9(3)16-12(10)15-7-14-11/h7H,4-6H2,1-3H3,(H2,13,14,15,16). The normalized spacial score (nSPS) is 10.9. The Hall–Kier alpha value is -1.58. The number of rotatable bonds is 4. The van der Waals surface area contributed by atoms with Gasteiger partial charge in [0.2, 0.25) is 0 Å². The molecule has 0 spiro atoms. The van der Waals surface area contributed by atoms with Crippen LogP contribution in [0.5, 0.6) is 0 Å². The van der Waals surface area contributed by atoms with Crippen LogP contribution in [-0.4, -0.2) is 21.5 Å². The first-order valence-electron chi connectivity index (χ1n) is 5.77. The van der Waals surface area contributed by atoms with Gasteiger partial charge in [0, 0.05) is 12.2 Å². The Kier molecular flexibility index (Phi) is 3.08. The molecule has 2 N–H and O–H groups in total. The molecule has 2 aromatic rings. The summed E-state index contributed by atoms with van der Waals surface area (Å²) in [6, 6.07) is 0. The number of fused-ring (bicyclic) bond motifs is 1. The minimum Gasteiger partial charge on any atom is -0.369 e. The van der Waals surface area contributed by atoms with Crippen molar-refractivity contribution in [2.75, 3.05) is 11.9 Å². The quantitative estimate of drug-likeness (QED) is 0.776. The maximum absolute atomic E-state index is 4.31. The third kappa shape index (κ3) is 1.87. The van der Waals surface area contributed by atoms with Gasteiger partial charge in [-0.05, 0) is 25.8 Å². The first kappa shape index (κ1) is 10.9. The Morgan fingerprint density at radius 1 is 1.31 bits per heavy atom. The minimum absolute atomic E-state index is 0.920. The van der Waals surface area contributed by atoms with Gasteiger partial charge in [0.1, 0.15) is 17.8 Å². The van der Waals surface area contributed by atoms with Crippen molar-refractivity contribution in [2.45, 2.75) is 33.6 Å². The summed E-state index contributed by atoms with van der Waals surface area (Å²) in [5, 5.41) is 4.49. The van der Waals surface area contributed by atoms with Crippen LogP contribution in [0.4, 0.5) is 5.82 Å². The zero-order valence-corrected chi connectivity index (χ0v) is 10.1. The lowest BCUT2D eigenvalue weighted by Crippen LogP contribution is -2.03. The Morgan fingerprint density at radius 2 is 2.12 bits per heavy atom. The number of aromatic amines is 1. The van der Waals surface area contributed by atoms with E-state index in [0.29, 0.717) is 0 Å². The second-order valence-electron chi connectivity index (χ2n) is 4.10. The van der Waals surface area contributed by atoms with Crippen LogP contribution >= 0.6 is 0 Å². The van der Waals surface area contributed by atoms with Crippen molar-refractivity contribution in [3.63, 3.8) is 0 Å². The molecule has 16 heavy (non-hydrogen) atoms. The SMILES string of the molecule is CCCCNc1ncnc2[nH]c(C)c(C)c12. The van der Waals surface area contributed by atoms with E-state index in [1.54, 1.807) is 6.33 Å². The molecule has 0 saturated heterocycles. The third-order valence-electron chi connectivity index (χ3n) is 2.91. The molecular formula is C12H18N4. The number of hydrogen-bond acceptors (Lipinski definition) is 3. The number of H-pyrrole nitrogens is 1. The maximum Gasteiger partial charge on any atom is 0.143 e. The lowest BCUT2D eigenvalue weighted by Gasteiger charge is -2.05. The molecule has 0 aliphatic rings. The van der Waals surface area contributed by atoms with Crippen molar-refractivity contribution >= 4 is 16.9 Å². The summed E-state index contributed by atoms with van der Waals surface area (Å²) < 4.78 is 0. The van der Waals surface area contributed by atoms with E-state index in [1.807, 2.05) is 0 Å². The summed E-state index contributed by atoms with van der Waals surface area (Å²) >= 11 is 0. The Labute approximate surface area is 95.5 Å². The van der Waals surface area contributed by atoms with Gasteiger partial charge in [0.15, 0.2) is 0 Å². The average molecular weight is 218 g/mol. The van der Waals surface area contributed by atoms with Crippen molar-refractivity contribution in [1.82, 2.24) is 15.0 Å². The van der Waals surface area contributed by atoms with Crippen LogP contribution < -0.4 is 5.32 Å². The summed E-state index contributed by atoms with van der Waals surface area (Å²) in [4.78, 5) is 11.8. The van der Waals surface area contributed by atoms with E-state index >= 15 is 0 Å². The van der Waals surface area contributed by atoms with Crippen molar-refractivity contribution < 1.29 is 0 Å². The van der Waals surface area contributed by atoms with Crippen LogP contribution in [0.1, 0.15) is 31.0 Å². The predicted octanol–water partition coefficient (Wildman–Crippen LogP) is 2.79. The molecule has 0 amide bonds. The van der Waals surface area contributed by atoms with Crippen molar-refractivity contribution in [3.8, 4) is 0 Å². The van der Waals surface area contributed by atoms with Crippen molar-refractivity contribution in [1.29, 1.82) is 0 Å². The van der Waals surface area contributed by atoms with Gasteiger partial charge in [-0.2, -0.15) is 0 Å². The fraction of sp³-hybridized carbons (Fsp3) is 0.500. The van der Waals surface area contributed by atoms with Gasteiger partial charge in [-0.25, -0.2) is 9.97 Å². The molecule has 86 valence electrons. The first-order valence-corrected chi connectivity index (χ1v) is 5.77. The molecule has 0 aliphatic carbocycles. The van der Waals surface area contributed by atoms with Crippen LogP contribution in [0.25, 0.3) is 11.0 Å². The van der Waals surface area contributed by atoms with E-state index in [0.717, 1.165) is 35.5 Å². The summed E-state index contributed by atoms with van der Waals surface area (Å²) in [5.41, 5.74) is 3.31. The molecule has 2 rings (SSSR count). The van der Waals surface area contributed by atoms with Gasteiger partial charge >= 0.3 is 0 Å². The molecule has 4 heteroatoms. The number of anilines is 1. The number of unbranched alkanes of at least 4 members (excludes halogenated alkanes) is 1. The van der Waals surface area contributed by atoms with Gasteiger partial charge in [-0.1, -0.05) is 13.3 Å². The van der Waals surface area contributed by atoms with E-state index in [4.69, 9.17) is 0 Å². The molecule has 4 nitrogen and oxygen atoms in total. The van der Waals surface area contributed by atoms with Gasteiger partial charge in [0.05, 0.1) is 5.39 Å². The molecular weight excluding hydrogens is 200 g/mol. The molecule has 2 aromatic heterocycles. The second kappa shape index (κ2) is 4.51. The smallest absolute Gasteiger partial charge is 0.143 e. The van der Waals surface area contributed by atoms with E-state index in [9.17, 15) is 0 Å². The molecule has 0 aliphatic heterocycles. The van der Waals surface area contributed by atoms with Crippen molar-refractivity contribution in [3.05, 3.63) is 17.6 Å². The topological polar surface area (TPSA) is 53.6 Å². The van der Waals surface area contributed by atoms with Crippen molar-refractivity contribution in [2.24, 2.45) is 0 Å². The summed E-state index contributed by atoms with van der Waals surface area (Å²) in [6.45, 7) is 7.31. The average Bonchev–Trinajstić information content (AvgIpc) is 2.56. The fourth-order valence-electron chi connectivity index (χ4n) is 1.81. The third-order valence-corrected chi connectivity index (χ3v) is 2.91. The van der Waals surface area contributed by atoms with E-state index in [-0.39, 0.29) is 0 Å². The maximum atomic E-state index is 4.31. The molecule has 0 saturated carbocycles. The molecule has 0 atom stereocenters. The largest absolute Gasteiger partial charge is 0.369 e. The molecule has 2 heterocycles. The Morgan fingerprint density at radius 3 is 2.88 bits per heavy atom. The highest BCUT2D eigenvalue weighted by Crippen LogP contribution is 2.25. The lowest BCUT2D eigenvalue weighted by molar-refractivity contribution is 0.831. The van der Waals surface area contributed by atoms with Gasteiger partial charge in [-0.15, -0.1) is 0 Å². The van der Waals surface area contributed by atoms with Crippen LogP contribution in [0, 0.1) is 13.8 Å². The van der Waals surface area contributed by atoms with Crippen LogP contribution in [-0.2, 0) is 0 Å². The number of hydrogen-bond donors (Lipinski definition) is 2. The van der Waals surface area contributed by atoms with Gasteiger partial charge < -0.3 is 10.3 Å². The highest BCUT2D eigenvalue weighted by Gasteiger charge is 2.10. The molecule has 0 bridgehead atoms. The van der Waals surface area contributed by atoms with E-state index < -0.39 is 0 Å². The first-order chi connectivity index (χ1) is 7.74. The van der Waals surface area contributed by atoms with Crippen LogP contribution in [0.15, 0.2) is 6.33 Å². The molecule has 0 aromatic carbocycles.